The molecule has 27 heavy (non-hydrogen) atoms. The molecule has 0 fully saturated rings. The van der Waals surface area contributed by atoms with Gasteiger partial charge in [-0.1, -0.05) is 18.2 Å². The van der Waals surface area contributed by atoms with Gasteiger partial charge >= 0.3 is 0 Å². The first-order valence-electron chi connectivity index (χ1n) is 8.27. The van der Waals surface area contributed by atoms with Gasteiger partial charge in [0.15, 0.2) is 0 Å². The number of para-hydroxylation sites is 1. The van der Waals surface area contributed by atoms with Crippen LogP contribution in [0.15, 0.2) is 71.5 Å². The van der Waals surface area contributed by atoms with Crippen molar-refractivity contribution in [3.05, 3.63) is 94.3 Å². The van der Waals surface area contributed by atoms with Crippen molar-refractivity contribution in [3.8, 4) is 17.1 Å². The highest BCUT2D eigenvalue weighted by atomic mass is 19.1. The van der Waals surface area contributed by atoms with Gasteiger partial charge in [-0.2, -0.15) is 0 Å². The number of halogens is 2. The topological polar surface area (TPSA) is 55.0 Å². The van der Waals surface area contributed by atoms with Crippen molar-refractivity contribution in [1.82, 2.24) is 9.97 Å². The summed E-state index contributed by atoms with van der Waals surface area (Å²) in [7, 11) is 0. The molecule has 1 N–H and O–H groups in total. The van der Waals surface area contributed by atoms with E-state index >= 15 is 0 Å². The highest BCUT2D eigenvalue weighted by molar-refractivity contribution is 5.79. The van der Waals surface area contributed by atoms with E-state index in [1.807, 2.05) is 6.07 Å². The highest BCUT2D eigenvalue weighted by Crippen LogP contribution is 2.22. The second-order valence-electron chi connectivity index (χ2n) is 5.94. The standard InChI is InChI=1S/C21H14F2N2O2/c22-17-5-3-6-18(23)16(17)12-27-14-10-8-13(9-11-14)20-24-19-7-2-1-4-15(19)21(26)25-20/h1-11H,12H2,(H,24,25,26). The van der Waals surface area contributed by atoms with Crippen LogP contribution in [0.2, 0.25) is 0 Å². The molecule has 0 radical (unpaired) electrons. The molecule has 0 amide bonds. The third-order valence-corrected chi connectivity index (χ3v) is 4.19. The zero-order valence-electron chi connectivity index (χ0n) is 14.1. The monoisotopic (exact) mass is 364 g/mol. The molecule has 4 rings (SSSR count). The number of hydrogen-bond donors (Lipinski definition) is 1. The number of ether oxygens (including phenoxy) is 1. The molecule has 0 spiro atoms. The maximum absolute atomic E-state index is 13.6. The number of nitrogens with zero attached hydrogens (tertiary/aromatic N) is 1. The van der Waals surface area contributed by atoms with Gasteiger partial charge in [0.2, 0.25) is 0 Å². The third-order valence-electron chi connectivity index (χ3n) is 4.19. The van der Waals surface area contributed by atoms with E-state index in [1.54, 1.807) is 42.5 Å². The van der Waals surface area contributed by atoms with Crippen LogP contribution in [-0.4, -0.2) is 9.97 Å². The van der Waals surface area contributed by atoms with E-state index in [-0.39, 0.29) is 17.7 Å². The predicted molar refractivity (Wildman–Crippen MR) is 98.5 cm³/mol. The van der Waals surface area contributed by atoms with E-state index in [4.69, 9.17) is 4.74 Å². The normalized spacial score (nSPS) is 10.9. The number of fused-ring (bicyclic) bond motifs is 1. The van der Waals surface area contributed by atoms with E-state index in [9.17, 15) is 13.6 Å². The molecule has 0 aliphatic rings. The van der Waals surface area contributed by atoms with E-state index in [2.05, 4.69) is 9.97 Å². The van der Waals surface area contributed by atoms with Gasteiger partial charge in [-0.3, -0.25) is 4.79 Å². The Morgan fingerprint density at radius 2 is 1.59 bits per heavy atom. The molecule has 0 aliphatic heterocycles. The van der Waals surface area contributed by atoms with Crippen molar-refractivity contribution in [1.29, 1.82) is 0 Å². The summed E-state index contributed by atoms with van der Waals surface area (Å²) in [5, 5.41) is 0.521. The molecule has 0 saturated carbocycles. The molecule has 0 unspecified atom stereocenters. The number of benzene rings is 3. The number of rotatable bonds is 4. The van der Waals surface area contributed by atoms with E-state index < -0.39 is 11.6 Å². The Labute approximate surface area is 153 Å². The zero-order valence-corrected chi connectivity index (χ0v) is 14.1. The molecule has 0 bridgehead atoms. The fraction of sp³-hybridized carbons (Fsp3) is 0.0476. The molecule has 0 atom stereocenters. The lowest BCUT2D eigenvalue weighted by Gasteiger charge is -2.09. The fourth-order valence-corrected chi connectivity index (χ4v) is 2.76. The quantitative estimate of drug-likeness (QED) is 0.582. The Morgan fingerprint density at radius 3 is 2.33 bits per heavy atom. The summed E-state index contributed by atoms with van der Waals surface area (Å²) < 4.78 is 32.8. The van der Waals surface area contributed by atoms with Crippen molar-refractivity contribution in [2.75, 3.05) is 0 Å². The average Bonchev–Trinajstić information content (AvgIpc) is 2.68. The summed E-state index contributed by atoms with van der Waals surface area (Å²) >= 11 is 0. The summed E-state index contributed by atoms with van der Waals surface area (Å²) in [6, 6.07) is 17.5. The Kier molecular flexibility index (Phi) is 4.38. The Bertz CT molecular complexity index is 1150. The van der Waals surface area contributed by atoms with Gasteiger partial charge < -0.3 is 9.72 Å². The van der Waals surface area contributed by atoms with Gasteiger partial charge in [0.25, 0.3) is 5.56 Å². The second kappa shape index (κ2) is 6.99. The van der Waals surface area contributed by atoms with Gasteiger partial charge in [-0.15, -0.1) is 0 Å². The minimum absolute atomic E-state index is 0.123. The van der Waals surface area contributed by atoms with Crippen LogP contribution in [0.3, 0.4) is 0 Å². The van der Waals surface area contributed by atoms with Gasteiger partial charge in [-0.05, 0) is 48.5 Å². The van der Waals surface area contributed by atoms with Gasteiger partial charge in [-0.25, -0.2) is 13.8 Å². The molecule has 6 heteroatoms. The smallest absolute Gasteiger partial charge is 0.259 e. The number of H-pyrrole nitrogens is 1. The molecule has 1 heterocycles. The van der Waals surface area contributed by atoms with Crippen LogP contribution in [0.5, 0.6) is 5.75 Å². The maximum atomic E-state index is 13.6. The first kappa shape index (κ1) is 16.9. The van der Waals surface area contributed by atoms with E-state index in [0.717, 1.165) is 0 Å². The summed E-state index contributed by atoms with van der Waals surface area (Å²) in [4.78, 5) is 19.4. The summed E-state index contributed by atoms with van der Waals surface area (Å²) in [5.74, 6) is -0.413. The minimum Gasteiger partial charge on any atom is -0.489 e. The van der Waals surface area contributed by atoms with E-state index in [1.165, 1.54) is 18.2 Å². The van der Waals surface area contributed by atoms with Crippen molar-refractivity contribution in [2.45, 2.75) is 6.61 Å². The van der Waals surface area contributed by atoms with Crippen LogP contribution < -0.4 is 10.3 Å². The lowest BCUT2D eigenvalue weighted by Crippen LogP contribution is -2.09. The summed E-state index contributed by atoms with van der Waals surface area (Å²) in [6.45, 7) is -0.219. The van der Waals surface area contributed by atoms with Crippen LogP contribution in [0.25, 0.3) is 22.3 Å². The van der Waals surface area contributed by atoms with Crippen molar-refractivity contribution in [2.24, 2.45) is 0 Å². The molecule has 1 aromatic heterocycles. The number of nitrogens with one attached hydrogen (secondary N) is 1. The first-order valence-corrected chi connectivity index (χ1v) is 8.27. The second-order valence-corrected chi connectivity index (χ2v) is 5.94. The first-order chi connectivity index (χ1) is 13.1. The van der Waals surface area contributed by atoms with Crippen LogP contribution in [-0.2, 0) is 6.61 Å². The molecular weight excluding hydrogens is 350 g/mol. The Morgan fingerprint density at radius 1 is 0.889 bits per heavy atom. The molecule has 134 valence electrons. The van der Waals surface area contributed by atoms with E-state index in [0.29, 0.717) is 28.0 Å². The largest absolute Gasteiger partial charge is 0.489 e. The van der Waals surface area contributed by atoms with Crippen LogP contribution in [0.4, 0.5) is 8.78 Å². The molecule has 0 aliphatic carbocycles. The average molecular weight is 364 g/mol. The Balaban J connectivity index is 1.57. The van der Waals surface area contributed by atoms with Crippen molar-refractivity contribution in [3.63, 3.8) is 0 Å². The van der Waals surface area contributed by atoms with Crippen molar-refractivity contribution < 1.29 is 13.5 Å². The van der Waals surface area contributed by atoms with Crippen LogP contribution in [0, 0.1) is 11.6 Å². The number of aromatic amines is 1. The lowest BCUT2D eigenvalue weighted by molar-refractivity contribution is 0.292. The summed E-state index contributed by atoms with van der Waals surface area (Å²) in [6.07, 6.45) is 0. The predicted octanol–water partition coefficient (Wildman–Crippen LogP) is 4.45. The highest BCUT2D eigenvalue weighted by Gasteiger charge is 2.10. The third kappa shape index (κ3) is 3.42. The molecular formula is C21H14F2N2O2. The lowest BCUT2D eigenvalue weighted by atomic mass is 10.2. The number of aromatic nitrogens is 2. The van der Waals surface area contributed by atoms with Crippen LogP contribution in [0.1, 0.15) is 5.56 Å². The van der Waals surface area contributed by atoms with Gasteiger partial charge in [0, 0.05) is 5.56 Å². The molecule has 4 nitrogen and oxygen atoms in total. The fourth-order valence-electron chi connectivity index (χ4n) is 2.76. The SMILES string of the molecule is O=c1[nH]c(-c2ccc(OCc3c(F)cccc3F)cc2)nc2ccccc12. The summed E-state index contributed by atoms with van der Waals surface area (Å²) in [5.41, 5.74) is 0.960. The minimum atomic E-state index is -0.649. The van der Waals surface area contributed by atoms with Crippen molar-refractivity contribution >= 4 is 10.9 Å². The molecule has 0 saturated heterocycles. The number of hydrogen-bond acceptors (Lipinski definition) is 3. The Hall–Kier alpha value is -3.54. The molecule has 4 aromatic rings. The van der Waals surface area contributed by atoms with Gasteiger partial charge in [0.1, 0.15) is 29.8 Å². The van der Waals surface area contributed by atoms with Crippen LogP contribution >= 0.6 is 0 Å². The van der Waals surface area contributed by atoms with Gasteiger partial charge in [0.05, 0.1) is 16.5 Å². The molecule has 3 aromatic carbocycles. The zero-order chi connectivity index (χ0) is 18.8. The maximum Gasteiger partial charge on any atom is 0.259 e.